The van der Waals surface area contributed by atoms with Crippen molar-refractivity contribution in [3.05, 3.63) is 30.1 Å². The molecule has 88 valence electrons. The van der Waals surface area contributed by atoms with E-state index in [0.29, 0.717) is 4.99 Å². The van der Waals surface area contributed by atoms with E-state index in [2.05, 4.69) is 4.90 Å². The number of nitrogens with two attached hydrogens (primary N) is 1. The van der Waals surface area contributed by atoms with E-state index in [0.717, 1.165) is 31.6 Å². The van der Waals surface area contributed by atoms with Gasteiger partial charge in [-0.2, -0.15) is 0 Å². The first-order valence-electron chi connectivity index (χ1n) is 5.42. The van der Waals surface area contributed by atoms with Crippen LogP contribution >= 0.6 is 12.2 Å². The predicted octanol–water partition coefficient (Wildman–Crippen LogP) is 2.72. The molecular formula is C12H17FN2S. The smallest absolute Gasteiger partial charge is 0.125 e. The summed E-state index contributed by atoms with van der Waals surface area (Å²) in [7, 11) is 0. The van der Waals surface area contributed by atoms with Crippen LogP contribution in [0, 0.1) is 5.82 Å². The summed E-state index contributed by atoms with van der Waals surface area (Å²) in [6.45, 7) is 3.74. The van der Waals surface area contributed by atoms with E-state index in [4.69, 9.17) is 18.0 Å². The molecule has 1 aromatic rings. The third kappa shape index (κ3) is 4.14. The van der Waals surface area contributed by atoms with Crippen LogP contribution in [0.25, 0.3) is 0 Å². The molecule has 0 aromatic heterocycles. The molecule has 1 aromatic carbocycles. The topological polar surface area (TPSA) is 29.3 Å². The zero-order chi connectivity index (χ0) is 12.0. The third-order valence-electron chi connectivity index (χ3n) is 2.41. The van der Waals surface area contributed by atoms with Gasteiger partial charge in [0.05, 0.1) is 4.99 Å². The van der Waals surface area contributed by atoms with E-state index < -0.39 is 0 Å². The summed E-state index contributed by atoms with van der Waals surface area (Å²) < 4.78 is 13.0. The summed E-state index contributed by atoms with van der Waals surface area (Å²) in [6.07, 6.45) is 1.64. The molecule has 0 saturated heterocycles. The van der Waals surface area contributed by atoms with Crippen LogP contribution in [0.5, 0.6) is 0 Å². The highest BCUT2D eigenvalue weighted by molar-refractivity contribution is 7.80. The van der Waals surface area contributed by atoms with Crippen LogP contribution in [0.2, 0.25) is 0 Å². The van der Waals surface area contributed by atoms with Gasteiger partial charge in [0.25, 0.3) is 0 Å². The van der Waals surface area contributed by atoms with Gasteiger partial charge in [-0.3, -0.25) is 0 Å². The number of rotatable bonds is 6. The Kier molecular flexibility index (Phi) is 5.19. The van der Waals surface area contributed by atoms with E-state index in [-0.39, 0.29) is 5.82 Å². The minimum atomic E-state index is -0.203. The second-order valence-electron chi connectivity index (χ2n) is 3.63. The van der Waals surface area contributed by atoms with E-state index in [1.165, 1.54) is 6.07 Å². The molecule has 2 nitrogen and oxygen atoms in total. The molecule has 1 rings (SSSR count). The summed E-state index contributed by atoms with van der Waals surface area (Å²) >= 11 is 4.82. The zero-order valence-corrected chi connectivity index (χ0v) is 10.3. The van der Waals surface area contributed by atoms with Crippen molar-refractivity contribution in [1.29, 1.82) is 0 Å². The molecule has 16 heavy (non-hydrogen) atoms. The van der Waals surface area contributed by atoms with Gasteiger partial charge in [0.1, 0.15) is 5.82 Å². The normalized spacial score (nSPS) is 10.1. The maximum Gasteiger partial charge on any atom is 0.125 e. The summed E-state index contributed by atoms with van der Waals surface area (Å²) in [4.78, 5) is 2.65. The number of hydrogen-bond acceptors (Lipinski definition) is 2. The van der Waals surface area contributed by atoms with Crippen LogP contribution in [-0.2, 0) is 0 Å². The van der Waals surface area contributed by atoms with Gasteiger partial charge in [-0.1, -0.05) is 18.3 Å². The first kappa shape index (κ1) is 12.9. The second kappa shape index (κ2) is 6.43. The number of nitrogens with zero attached hydrogens (tertiary/aromatic N) is 1. The Morgan fingerprint density at radius 2 is 2.25 bits per heavy atom. The van der Waals surface area contributed by atoms with Crippen molar-refractivity contribution in [2.75, 3.05) is 18.0 Å². The Hall–Kier alpha value is -1.16. The standard InChI is InChI=1S/C12H17FN2S/c1-2-15(8-4-7-12(14)16)11-6-3-5-10(13)9-11/h3,5-6,9H,2,4,7-8H2,1H3,(H2,14,16). The summed E-state index contributed by atoms with van der Waals surface area (Å²) in [5, 5.41) is 0. The zero-order valence-electron chi connectivity index (χ0n) is 9.45. The molecule has 0 heterocycles. The van der Waals surface area contributed by atoms with Crippen molar-refractivity contribution in [2.45, 2.75) is 19.8 Å². The van der Waals surface area contributed by atoms with E-state index in [1.54, 1.807) is 12.1 Å². The number of thiocarbonyl (C=S) groups is 1. The molecule has 0 fully saturated rings. The fourth-order valence-electron chi connectivity index (χ4n) is 1.59. The number of hydrogen-bond donors (Lipinski definition) is 1. The Morgan fingerprint density at radius 1 is 1.50 bits per heavy atom. The Morgan fingerprint density at radius 3 is 2.81 bits per heavy atom. The largest absolute Gasteiger partial charge is 0.393 e. The van der Waals surface area contributed by atoms with Gasteiger partial charge in [0.15, 0.2) is 0 Å². The van der Waals surface area contributed by atoms with Gasteiger partial charge in [-0.25, -0.2) is 4.39 Å². The van der Waals surface area contributed by atoms with E-state index in [9.17, 15) is 4.39 Å². The molecule has 0 bridgehead atoms. The van der Waals surface area contributed by atoms with Crippen LogP contribution in [0.4, 0.5) is 10.1 Å². The van der Waals surface area contributed by atoms with Gasteiger partial charge in [-0.15, -0.1) is 0 Å². The molecule has 0 spiro atoms. The third-order valence-corrected chi connectivity index (χ3v) is 2.61. The summed E-state index contributed by atoms with van der Waals surface area (Å²) in [5.41, 5.74) is 6.34. The first-order valence-corrected chi connectivity index (χ1v) is 5.83. The number of halogens is 1. The van der Waals surface area contributed by atoms with Crippen molar-refractivity contribution in [2.24, 2.45) is 5.73 Å². The van der Waals surface area contributed by atoms with Crippen molar-refractivity contribution < 1.29 is 4.39 Å². The molecule has 0 aliphatic rings. The lowest BCUT2D eigenvalue weighted by atomic mass is 10.2. The van der Waals surface area contributed by atoms with Crippen molar-refractivity contribution in [3.63, 3.8) is 0 Å². The van der Waals surface area contributed by atoms with Gasteiger partial charge >= 0.3 is 0 Å². The van der Waals surface area contributed by atoms with Gasteiger partial charge in [0, 0.05) is 18.8 Å². The highest BCUT2D eigenvalue weighted by Crippen LogP contribution is 2.15. The Bertz CT molecular complexity index is 355. The maximum atomic E-state index is 13.0. The molecule has 2 N–H and O–H groups in total. The second-order valence-corrected chi connectivity index (χ2v) is 4.15. The lowest BCUT2D eigenvalue weighted by molar-refractivity contribution is 0.626. The predicted molar refractivity (Wildman–Crippen MR) is 70.3 cm³/mol. The molecule has 0 unspecified atom stereocenters. The lowest BCUT2D eigenvalue weighted by Crippen LogP contribution is -2.25. The van der Waals surface area contributed by atoms with Gasteiger partial charge in [0.2, 0.25) is 0 Å². The van der Waals surface area contributed by atoms with Crippen LogP contribution in [0.1, 0.15) is 19.8 Å². The van der Waals surface area contributed by atoms with Crippen molar-refractivity contribution >= 4 is 22.9 Å². The van der Waals surface area contributed by atoms with E-state index in [1.807, 2.05) is 13.0 Å². The average molecular weight is 240 g/mol. The summed E-state index contributed by atoms with van der Waals surface area (Å²) in [5.74, 6) is -0.203. The lowest BCUT2D eigenvalue weighted by Gasteiger charge is -2.23. The highest BCUT2D eigenvalue weighted by atomic mass is 32.1. The van der Waals surface area contributed by atoms with Crippen molar-refractivity contribution in [1.82, 2.24) is 0 Å². The minimum Gasteiger partial charge on any atom is -0.393 e. The van der Waals surface area contributed by atoms with Gasteiger partial charge in [-0.05, 0) is 38.0 Å². The molecule has 0 radical (unpaired) electrons. The highest BCUT2D eigenvalue weighted by Gasteiger charge is 2.04. The molecule has 0 aliphatic heterocycles. The fourth-order valence-corrected chi connectivity index (χ4v) is 1.73. The monoisotopic (exact) mass is 240 g/mol. The average Bonchev–Trinajstić information content (AvgIpc) is 2.24. The van der Waals surface area contributed by atoms with E-state index >= 15 is 0 Å². The quantitative estimate of drug-likeness (QED) is 0.775. The SMILES string of the molecule is CCN(CCCC(N)=S)c1cccc(F)c1. The Balaban J connectivity index is 2.57. The molecule has 4 heteroatoms. The molecule has 0 saturated carbocycles. The van der Waals surface area contributed by atoms with Crippen molar-refractivity contribution in [3.8, 4) is 0 Å². The first-order chi connectivity index (χ1) is 7.63. The Labute approximate surface area is 101 Å². The van der Waals surface area contributed by atoms with Crippen LogP contribution in [-0.4, -0.2) is 18.1 Å². The van der Waals surface area contributed by atoms with Crippen LogP contribution < -0.4 is 10.6 Å². The van der Waals surface area contributed by atoms with Crippen LogP contribution in [0.3, 0.4) is 0 Å². The summed E-state index contributed by atoms with van der Waals surface area (Å²) in [6, 6.07) is 6.63. The molecular weight excluding hydrogens is 223 g/mol. The fraction of sp³-hybridized carbons (Fsp3) is 0.417. The van der Waals surface area contributed by atoms with Gasteiger partial charge < -0.3 is 10.6 Å². The molecule has 0 aliphatic carbocycles. The number of anilines is 1. The minimum absolute atomic E-state index is 0.203. The molecule has 0 atom stereocenters. The van der Waals surface area contributed by atoms with Crippen LogP contribution in [0.15, 0.2) is 24.3 Å². The maximum absolute atomic E-state index is 13.0. The molecule has 0 amide bonds. The number of benzene rings is 1.